The van der Waals surface area contributed by atoms with Crippen LogP contribution in [0.4, 0.5) is 5.69 Å². The Morgan fingerprint density at radius 2 is 1.96 bits per heavy atom. The second-order valence-electron chi connectivity index (χ2n) is 6.48. The maximum Gasteiger partial charge on any atom is 0.241 e. The molecule has 4 aliphatic heterocycles. The number of ether oxygens (including phenoxy) is 3. The van der Waals surface area contributed by atoms with Crippen LogP contribution in [0.25, 0.3) is 0 Å². The Balaban J connectivity index is 1.58. The lowest BCUT2D eigenvalue weighted by Gasteiger charge is -2.32. The molecule has 6 nitrogen and oxygen atoms in total. The van der Waals surface area contributed by atoms with Gasteiger partial charge in [-0.15, -0.1) is 0 Å². The number of imide groups is 1. The molecule has 2 bridgehead atoms. The first-order valence-electron chi connectivity index (χ1n) is 7.96. The van der Waals surface area contributed by atoms with Crippen LogP contribution in [0.1, 0.15) is 0 Å². The molecule has 8 heteroatoms. The molecule has 25 heavy (non-hydrogen) atoms. The average molecular weight is 427 g/mol. The second-order valence-corrected chi connectivity index (χ2v) is 7.80. The molecular formula is C17H13BrClNO5. The summed E-state index contributed by atoms with van der Waals surface area (Å²) in [6.07, 6.45) is 2.51. The highest BCUT2D eigenvalue weighted by atomic mass is 79.9. The van der Waals surface area contributed by atoms with Crippen molar-refractivity contribution in [3.05, 3.63) is 39.8 Å². The third kappa shape index (κ3) is 2.01. The lowest BCUT2D eigenvalue weighted by molar-refractivity contribution is -0.180. The Hall–Kier alpha value is -1.25. The largest absolute Gasteiger partial charge is 0.357 e. The van der Waals surface area contributed by atoms with Gasteiger partial charge in [-0.1, -0.05) is 33.6 Å². The van der Waals surface area contributed by atoms with Gasteiger partial charge in [0.2, 0.25) is 11.8 Å². The van der Waals surface area contributed by atoms with Crippen LogP contribution in [0.3, 0.4) is 0 Å². The Bertz CT molecular complexity index is 823. The first kappa shape index (κ1) is 16.0. The summed E-state index contributed by atoms with van der Waals surface area (Å²) in [4.78, 5) is 27.4. The zero-order chi connectivity index (χ0) is 17.3. The van der Waals surface area contributed by atoms with E-state index in [-0.39, 0.29) is 11.8 Å². The van der Waals surface area contributed by atoms with Gasteiger partial charge in [-0.3, -0.25) is 9.59 Å². The Morgan fingerprint density at radius 3 is 2.68 bits per heavy atom. The number of amides is 2. The van der Waals surface area contributed by atoms with Crippen molar-refractivity contribution in [1.82, 2.24) is 0 Å². The van der Waals surface area contributed by atoms with Gasteiger partial charge in [-0.05, 0) is 24.3 Å². The highest BCUT2D eigenvalue weighted by Crippen LogP contribution is 2.55. The molecule has 0 N–H and O–H groups in total. The zero-order valence-corrected chi connectivity index (χ0v) is 15.2. The monoisotopic (exact) mass is 425 g/mol. The molecule has 1 aromatic rings. The van der Waals surface area contributed by atoms with Crippen LogP contribution in [-0.2, 0) is 23.8 Å². The highest BCUT2D eigenvalue weighted by molar-refractivity contribution is 9.10. The van der Waals surface area contributed by atoms with Crippen molar-refractivity contribution in [3.63, 3.8) is 0 Å². The molecule has 4 atom stereocenters. The van der Waals surface area contributed by atoms with Crippen molar-refractivity contribution in [1.29, 1.82) is 0 Å². The van der Waals surface area contributed by atoms with Crippen LogP contribution in [0.5, 0.6) is 0 Å². The molecule has 0 radical (unpaired) electrons. The topological polar surface area (TPSA) is 65.1 Å². The molecule has 4 aliphatic rings. The molecular weight excluding hydrogens is 414 g/mol. The van der Waals surface area contributed by atoms with Crippen LogP contribution in [0.15, 0.2) is 34.8 Å². The van der Waals surface area contributed by atoms with Crippen LogP contribution in [0, 0.1) is 11.8 Å². The van der Waals surface area contributed by atoms with Crippen molar-refractivity contribution in [3.8, 4) is 0 Å². The van der Waals surface area contributed by atoms with Gasteiger partial charge in [-0.25, -0.2) is 4.90 Å². The number of halogens is 2. The van der Waals surface area contributed by atoms with E-state index in [0.29, 0.717) is 23.9 Å². The first-order valence-corrected chi connectivity index (χ1v) is 9.13. The van der Waals surface area contributed by atoms with Crippen LogP contribution in [0.2, 0.25) is 5.02 Å². The summed E-state index contributed by atoms with van der Waals surface area (Å²) in [5, 5.41) is 0.333. The minimum absolute atomic E-state index is 0.298. The number of benzene rings is 1. The summed E-state index contributed by atoms with van der Waals surface area (Å²) in [6, 6.07) is 5.07. The number of fused-ring (bicyclic) bond motifs is 5. The van der Waals surface area contributed by atoms with E-state index in [4.69, 9.17) is 25.8 Å². The van der Waals surface area contributed by atoms with E-state index in [9.17, 15) is 9.59 Å². The number of carbonyl (C=O) groups excluding carboxylic acids is 2. The maximum atomic E-state index is 13.2. The van der Waals surface area contributed by atoms with Crippen molar-refractivity contribution >= 4 is 45.0 Å². The molecule has 5 rings (SSSR count). The lowest BCUT2D eigenvalue weighted by Crippen LogP contribution is -2.49. The average Bonchev–Trinajstić information content (AvgIpc) is 3.33. The van der Waals surface area contributed by atoms with Crippen LogP contribution >= 0.6 is 27.5 Å². The van der Waals surface area contributed by atoms with Gasteiger partial charge in [0.25, 0.3) is 0 Å². The summed E-state index contributed by atoms with van der Waals surface area (Å²) >= 11 is 9.60. The molecule has 0 aromatic heterocycles. The van der Waals surface area contributed by atoms with E-state index in [1.54, 1.807) is 18.2 Å². The summed E-state index contributed by atoms with van der Waals surface area (Å²) in [5.74, 6) is -1.87. The molecule has 1 aromatic carbocycles. The van der Waals surface area contributed by atoms with Crippen molar-refractivity contribution in [2.75, 3.05) is 18.1 Å². The van der Waals surface area contributed by atoms with Crippen LogP contribution in [-0.4, -0.2) is 43.0 Å². The third-order valence-corrected chi connectivity index (χ3v) is 6.01. The second kappa shape index (κ2) is 5.37. The summed E-state index contributed by atoms with van der Waals surface area (Å²) in [7, 11) is 0. The van der Waals surface area contributed by atoms with Crippen LogP contribution < -0.4 is 4.90 Å². The molecule has 0 unspecified atom stereocenters. The van der Waals surface area contributed by atoms with Gasteiger partial charge < -0.3 is 14.2 Å². The summed E-state index contributed by atoms with van der Waals surface area (Å²) in [5.41, 5.74) is -0.660. The minimum atomic E-state index is -1.05. The van der Waals surface area contributed by atoms with Gasteiger partial charge in [-0.2, -0.15) is 0 Å². The van der Waals surface area contributed by atoms with Crippen molar-refractivity contribution in [2.45, 2.75) is 18.0 Å². The zero-order valence-electron chi connectivity index (χ0n) is 12.9. The SMILES string of the molecule is O=C1[C@@H]2[C@H]3C=C[C@@](C4OCCO4)(O3)[C@H]2C(=O)N1c1ccc(Br)cc1Cl. The minimum Gasteiger partial charge on any atom is -0.357 e. The third-order valence-electron chi connectivity index (χ3n) is 5.22. The quantitative estimate of drug-likeness (QED) is 0.536. The molecule has 2 amide bonds. The Morgan fingerprint density at radius 1 is 1.20 bits per heavy atom. The van der Waals surface area contributed by atoms with Gasteiger partial charge >= 0.3 is 0 Å². The number of anilines is 1. The molecule has 130 valence electrons. The van der Waals surface area contributed by atoms with E-state index in [1.807, 2.05) is 12.2 Å². The molecule has 3 saturated heterocycles. The number of nitrogens with zero attached hydrogens (tertiary/aromatic N) is 1. The standard InChI is InChI=1S/C17H13BrClNO5/c18-8-1-2-10(9(19)7-8)20-14(21)12-11-3-4-17(25-11,13(12)15(20)22)16-23-5-6-24-16/h1-4,7,11-13,16H,5-6H2/t11-,12-,13-,17-/m1/s1. The molecule has 3 fully saturated rings. The first-order chi connectivity index (χ1) is 12.0. The number of hydrogen-bond acceptors (Lipinski definition) is 5. The van der Waals surface area contributed by atoms with Gasteiger partial charge in [0, 0.05) is 4.47 Å². The van der Waals surface area contributed by atoms with E-state index < -0.39 is 29.8 Å². The Labute approximate surface area is 156 Å². The normalized spacial score (nSPS) is 36.7. The van der Waals surface area contributed by atoms with E-state index in [0.717, 1.165) is 4.47 Å². The fourth-order valence-corrected chi connectivity index (χ4v) is 4.98. The maximum absolute atomic E-state index is 13.2. The number of rotatable bonds is 2. The Kier molecular flexibility index (Phi) is 3.43. The summed E-state index contributed by atoms with van der Waals surface area (Å²) < 4.78 is 18.0. The van der Waals surface area contributed by atoms with Gasteiger partial charge in [0.15, 0.2) is 11.9 Å². The summed E-state index contributed by atoms with van der Waals surface area (Å²) in [6.45, 7) is 0.881. The molecule has 0 saturated carbocycles. The van der Waals surface area contributed by atoms with E-state index in [2.05, 4.69) is 15.9 Å². The lowest BCUT2D eigenvalue weighted by atomic mass is 9.76. The smallest absolute Gasteiger partial charge is 0.241 e. The molecule has 0 aliphatic carbocycles. The predicted molar refractivity (Wildman–Crippen MR) is 91.1 cm³/mol. The van der Waals surface area contributed by atoms with Gasteiger partial charge in [0.05, 0.1) is 41.9 Å². The number of carbonyl (C=O) groups is 2. The highest BCUT2D eigenvalue weighted by Gasteiger charge is 2.71. The fourth-order valence-electron chi connectivity index (χ4n) is 4.23. The number of hydrogen-bond donors (Lipinski definition) is 0. The predicted octanol–water partition coefficient (Wildman–Crippen LogP) is 2.29. The van der Waals surface area contributed by atoms with E-state index >= 15 is 0 Å². The van der Waals surface area contributed by atoms with E-state index in [1.165, 1.54) is 4.90 Å². The van der Waals surface area contributed by atoms with Crippen molar-refractivity contribution < 1.29 is 23.8 Å². The van der Waals surface area contributed by atoms with Crippen molar-refractivity contribution in [2.24, 2.45) is 11.8 Å². The van der Waals surface area contributed by atoms with Gasteiger partial charge in [0.1, 0.15) is 0 Å². The molecule has 0 spiro atoms. The molecule has 4 heterocycles. The fraction of sp³-hybridized carbons (Fsp3) is 0.412.